The highest BCUT2D eigenvalue weighted by molar-refractivity contribution is 14.0. The van der Waals surface area contributed by atoms with Gasteiger partial charge in [-0.05, 0) is 30.5 Å². The zero-order valence-electron chi connectivity index (χ0n) is 15.2. The summed E-state index contributed by atoms with van der Waals surface area (Å²) in [5.41, 5.74) is 1.21. The second-order valence-corrected chi connectivity index (χ2v) is 5.82. The summed E-state index contributed by atoms with van der Waals surface area (Å²) in [6, 6.07) is 7.90. The predicted molar refractivity (Wildman–Crippen MR) is 116 cm³/mol. The average Bonchev–Trinajstić information content (AvgIpc) is 2.59. The molecule has 0 aliphatic carbocycles. The van der Waals surface area contributed by atoms with Crippen LogP contribution >= 0.6 is 35.6 Å². The number of guanidine groups is 1. The van der Waals surface area contributed by atoms with E-state index in [1.807, 2.05) is 18.2 Å². The third-order valence-corrected chi connectivity index (χ3v) is 3.61. The first-order valence-electron chi connectivity index (χ1n) is 8.60. The number of nitrogens with one attached hydrogen (secondary N) is 2. The lowest BCUT2D eigenvalue weighted by Crippen LogP contribution is -2.39. The third-order valence-electron chi connectivity index (χ3n) is 3.37. The van der Waals surface area contributed by atoms with Crippen molar-refractivity contribution in [2.75, 3.05) is 46.6 Å². The number of unbranched alkanes of at least 4 members (excludes halogenated alkanes) is 1. The van der Waals surface area contributed by atoms with Crippen LogP contribution in [0.5, 0.6) is 0 Å². The van der Waals surface area contributed by atoms with Gasteiger partial charge in [-0.2, -0.15) is 0 Å². The largest absolute Gasteiger partial charge is 0.379 e. The molecule has 0 spiro atoms. The van der Waals surface area contributed by atoms with E-state index in [9.17, 15) is 0 Å². The number of hydrogen-bond acceptors (Lipinski definition) is 3. The van der Waals surface area contributed by atoms with Crippen molar-refractivity contribution in [1.29, 1.82) is 0 Å². The molecule has 0 fully saturated rings. The predicted octanol–water partition coefficient (Wildman–Crippen LogP) is 3.50. The second-order valence-electron chi connectivity index (χ2n) is 5.38. The van der Waals surface area contributed by atoms with Gasteiger partial charge in [0.15, 0.2) is 5.96 Å². The number of ether oxygens (including phenoxy) is 2. The van der Waals surface area contributed by atoms with Gasteiger partial charge in [-0.1, -0.05) is 37.1 Å². The summed E-state index contributed by atoms with van der Waals surface area (Å²) in [6.45, 7) is 6.41. The van der Waals surface area contributed by atoms with Crippen molar-refractivity contribution in [3.63, 3.8) is 0 Å². The molecule has 2 N–H and O–H groups in total. The monoisotopic (exact) mass is 483 g/mol. The molecule has 0 bridgehead atoms. The Morgan fingerprint density at radius 1 is 1.08 bits per heavy atom. The van der Waals surface area contributed by atoms with E-state index in [1.54, 1.807) is 7.05 Å². The van der Waals surface area contributed by atoms with E-state index in [4.69, 9.17) is 21.1 Å². The van der Waals surface area contributed by atoms with Crippen LogP contribution in [0, 0.1) is 0 Å². The van der Waals surface area contributed by atoms with Gasteiger partial charge < -0.3 is 20.1 Å². The van der Waals surface area contributed by atoms with E-state index in [0.29, 0.717) is 26.4 Å². The number of hydrogen-bond donors (Lipinski definition) is 2. The smallest absolute Gasteiger partial charge is 0.191 e. The molecule has 1 aromatic rings. The fourth-order valence-corrected chi connectivity index (χ4v) is 2.26. The molecule has 0 unspecified atom stereocenters. The van der Waals surface area contributed by atoms with Crippen molar-refractivity contribution >= 4 is 41.5 Å². The molecule has 5 nitrogen and oxygen atoms in total. The Kier molecular flexibility index (Phi) is 16.5. The molecule has 0 aliphatic rings. The normalized spacial score (nSPS) is 11.1. The molecule has 0 radical (unpaired) electrons. The minimum Gasteiger partial charge on any atom is -0.379 e. The minimum absolute atomic E-state index is 0. The van der Waals surface area contributed by atoms with Gasteiger partial charge in [0.25, 0.3) is 0 Å². The molecule has 0 saturated heterocycles. The molecule has 0 aliphatic heterocycles. The minimum atomic E-state index is 0. The van der Waals surface area contributed by atoms with Gasteiger partial charge in [0.2, 0.25) is 0 Å². The van der Waals surface area contributed by atoms with E-state index in [0.717, 1.165) is 43.4 Å². The maximum atomic E-state index is 5.98. The lowest BCUT2D eigenvalue weighted by molar-refractivity contribution is 0.0487. The lowest BCUT2D eigenvalue weighted by Gasteiger charge is -2.12. The van der Waals surface area contributed by atoms with Crippen LogP contribution in [0.3, 0.4) is 0 Å². The number of benzene rings is 1. The van der Waals surface area contributed by atoms with Crippen LogP contribution in [-0.2, 0) is 15.9 Å². The first-order chi connectivity index (χ1) is 11.8. The fourth-order valence-electron chi connectivity index (χ4n) is 2.05. The Hall–Kier alpha value is -0.570. The summed E-state index contributed by atoms with van der Waals surface area (Å²) in [5.74, 6) is 0.778. The van der Waals surface area contributed by atoms with Gasteiger partial charge in [0, 0.05) is 31.8 Å². The summed E-state index contributed by atoms with van der Waals surface area (Å²) in [5, 5.41) is 7.27. The lowest BCUT2D eigenvalue weighted by atomic mass is 10.1. The Morgan fingerprint density at radius 2 is 1.80 bits per heavy atom. The average molecular weight is 484 g/mol. The maximum absolute atomic E-state index is 5.98. The molecule has 7 heteroatoms. The van der Waals surface area contributed by atoms with E-state index in [-0.39, 0.29) is 24.0 Å². The molecule has 0 heterocycles. The highest BCUT2D eigenvalue weighted by atomic mass is 127. The van der Waals surface area contributed by atoms with Crippen LogP contribution < -0.4 is 10.6 Å². The van der Waals surface area contributed by atoms with Crippen molar-refractivity contribution in [1.82, 2.24) is 10.6 Å². The van der Waals surface area contributed by atoms with Crippen molar-refractivity contribution in [2.45, 2.75) is 26.2 Å². The van der Waals surface area contributed by atoms with Crippen LogP contribution in [0.15, 0.2) is 29.3 Å². The number of nitrogens with zero attached hydrogens (tertiary/aromatic N) is 1. The van der Waals surface area contributed by atoms with Crippen molar-refractivity contribution in [3.8, 4) is 0 Å². The van der Waals surface area contributed by atoms with Crippen LogP contribution in [0.4, 0.5) is 0 Å². The van der Waals surface area contributed by atoms with E-state index >= 15 is 0 Å². The fraction of sp³-hybridized carbons (Fsp3) is 0.611. The highest BCUT2D eigenvalue weighted by Crippen LogP contribution is 2.10. The van der Waals surface area contributed by atoms with Crippen LogP contribution in [0.25, 0.3) is 0 Å². The van der Waals surface area contributed by atoms with E-state index < -0.39 is 0 Å². The van der Waals surface area contributed by atoms with E-state index in [2.05, 4.69) is 28.6 Å². The van der Waals surface area contributed by atoms with Crippen molar-refractivity contribution in [2.24, 2.45) is 4.99 Å². The van der Waals surface area contributed by atoms with Gasteiger partial charge in [-0.15, -0.1) is 24.0 Å². The standard InChI is InChI=1S/C18H30ClN3O2.HI/c1-3-4-11-23-13-14-24-12-10-22-18(20-2)21-9-8-16-6-5-7-17(19)15-16;/h5-7,15H,3-4,8-14H2,1-2H3,(H2,20,21,22);1H. The number of rotatable bonds is 12. The third kappa shape index (κ3) is 13.3. The number of halogens is 2. The molecule has 0 aromatic heterocycles. The Balaban J connectivity index is 0.00000576. The molecule has 0 atom stereocenters. The second kappa shape index (κ2) is 16.9. The molecular weight excluding hydrogens is 453 g/mol. The number of aliphatic imine (C=N–C) groups is 1. The molecule has 1 rings (SSSR count). The molecule has 0 amide bonds. The SMILES string of the molecule is CCCCOCCOCCNC(=NC)NCCc1cccc(Cl)c1.I. The van der Waals surface area contributed by atoms with Crippen molar-refractivity contribution < 1.29 is 9.47 Å². The first-order valence-corrected chi connectivity index (χ1v) is 8.98. The van der Waals surface area contributed by atoms with Crippen LogP contribution in [0.1, 0.15) is 25.3 Å². The summed E-state index contributed by atoms with van der Waals surface area (Å²) in [7, 11) is 1.76. The quantitative estimate of drug-likeness (QED) is 0.207. The molecular formula is C18H31ClIN3O2. The van der Waals surface area contributed by atoms with Gasteiger partial charge in [-0.25, -0.2) is 0 Å². The molecule has 25 heavy (non-hydrogen) atoms. The summed E-state index contributed by atoms with van der Waals surface area (Å²) < 4.78 is 10.9. The molecule has 0 saturated carbocycles. The van der Waals surface area contributed by atoms with Gasteiger partial charge in [-0.3, -0.25) is 4.99 Å². The van der Waals surface area contributed by atoms with E-state index in [1.165, 1.54) is 5.56 Å². The van der Waals surface area contributed by atoms with Crippen LogP contribution in [0.2, 0.25) is 5.02 Å². The zero-order valence-corrected chi connectivity index (χ0v) is 18.3. The van der Waals surface area contributed by atoms with Gasteiger partial charge >= 0.3 is 0 Å². The first kappa shape index (κ1) is 24.4. The molecule has 1 aromatic carbocycles. The topological polar surface area (TPSA) is 54.9 Å². The van der Waals surface area contributed by atoms with Crippen LogP contribution in [-0.4, -0.2) is 52.5 Å². The highest BCUT2D eigenvalue weighted by Gasteiger charge is 1.98. The zero-order chi connectivity index (χ0) is 17.5. The van der Waals surface area contributed by atoms with Gasteiger partial charge in [0.05, 0.1) is 19.8 Å². The summed E-state index contributed by atoms with van der Waals surface area (Å²) in [4.78, 5) is 4.19. The Bertz CT molecular complexity index is 475. The summed E-state index contributed by atoms with van der Waals surface area (Å²) in [6.07, 6.45) is 3.17. The molecule has 144 valence electrons. The van der Waals surface area contributed by atoms with Crippen molar-refractivity contribution in [3.05, 3.63) is 34.9 Å². The Labute approximate surface area is 173 Å². The maximum Gasteiger partial charge on any atom is 0.191 e. The Morgan fingerprint density at radius 3 is 2.48 bits per heavy atom. The summed E-state index contributed by atoms with van der Waals surface area (Å²) >= 11 is 5.98. The van der Waals surface area contributed by atoms with Gasteiger partial charge in [0.1, 0.15) is 0 Å².